The van der Waals surface area contributed by atoms with Crippen molar-refractivity contribution in [1.29, 1.82) is 0 Å². The summed E-state index contributed by atoms with van der Waals surface area (Å²) in [6.45, 7) is 10.2. The first-order valence-corrected chi connectivity index (χ1v) is 7.34. The van der Waals surface area contributed by atoms with Crippen LogP contribution in [0, 0.1) is 5.41 Å². The van der Waals surface area contributed by atoms with Crippen molar-refractivity contribution in [1.82, 2.24) is 25.7 Å². The number of aromatic nitrogens is 2. The number of amides is 1. The Morgan fingerprint density at radius 1 is 1.52 bits per heavy atom. The fourth-order valence-corrected chi connectivity index (χ4v) is 2.13. The average Bonchev–Trinajstić information content (AvgIpc) is 2.87. The summed E-state index contributed by atoms with van der Waals surface area (Å²) < 4.78 is 5.31. The molecular formula is C14H25N5O2. The van der Waals surface area contributed by atoms with Gasteiger partial charge in [-0.05, 0) is 14.0 Å². The van der Waals surface area contributed by atoms with Crippen molar-refractivity contribution in [3.8, 4) is 0 Å². The number of likely N-dealkylation sites (N-methyl/N-ethyl adjacent to an activating group) is 1. The van der Waals surface area contributed by atoms with E-state index in [1.54, 1.807) is 0 Å². The van der Waals surface area contributed by atoms with E-state index >= 15 is 0 Å². The third-order valence-electron chi connectivity index (χ3n) is 3.67. The summed E-state index contributed by atoms with van der Waals surface area (Å²) in [5.41, 5.74) is -0.440. The highest BCUT2D eigenvalue weighted by molar-refractivity contribution is 5.81. The van der Waals surface area contributed by atoms with Gasteiger partial charge in [-0.2, -0.15) is 4.98 Å². The molecule has 1 amide bonds. The molecule has 0 aromatic carbocycles. The van der Waals surface area contributed by atoms with Gasteiger partial charge in [-0.1, -0.05) is 25.9 Å². The fraction of sp³-hybridized carbons (Fsp3) is 0.786. The molecular weight excluding hydrogens is 270 g/mol. The largest absolute Gasteiger partial charge is 0.344 e. The van der Waals surface area contributed by atoms with Gasteiger partial charge in [0, 0.05) is 25.0 Å². The first-order valence-electron chi connectivity index (χ1n) is 7.34. The minimum Gasteiger partial charge on any atom is -0.344 e. The molecule has 1 aliphatic rings. The number of carbonyl (C=O) groups is 1. The van der Waals surface area contributed by atoms with Crippen LogP contribution < -0.4 is 10.6 Å². The molecule has 1 aromatic heterocycles. The van der Waals surface area contributed by atoms with Crippen LogP contribution >= 0.6 is 0 Å². The standard InChI is InChI=1S/C14H25N5O2/c1-9(16-13(20)14(2,3)4)12-17-11(18-21-12)10-8-15-6-7-19(10)5/h9-10,15H,6-8H2,1-5H3,(H,16,20). The van der Waals surface area contributed by atoms with Crippen LogP contribution in [0.15, 0.2) is 4.52 Å². The van der Waals surface area contributed by atoms with E-state index in [2.05, 4.69) is 25.7 Å². The van der Waals surface area contributed by atoms with E-state index in [-0.39, 0.29) is 18.0 Å². The van der Waals surface area contributed by atoms with Gasteiger partial charge in [-0.15, -0.1) is 0 Å². The van der Waals surface area contributed by atoms with E-state index in [0.29, 0.717) is 11.7 Å². The molecule has 0 radical (unpaired) electrons. The molecule has 0 spiro atoms. The maximum absolute atomic E-state index is 12.0. The smallest absolute Gasteiger partial charge is 0.248 e. The highest BCUT2D eigenvalue weighted by atomic mass is 16.5. The summed E-state index contributed by atoms with van der Waals surface area (Å²) >= 11 is 0. The van der Waals surface area contributed by atoms with E-state index in [1.165, 1.54) is 0 Å². The van der Waals surface area contributed by atoms with Gasteiger partial charge < -0.3 is 15.2 Å². The Morgan fingerprint density at radius 2 is 2.24 bits per heavy atom. The minimum absolute atomic E-state index is 0.0359. The Labute approximate surface area is 125 Å². The second kappa shape index (κ2) is 6.11. The fourth-order valence-electron chi connectivity index (χ4n) is 2.13. The summed E-state index contributed by atoms with van der Waals surface area (Å²) in [4.78, 5) is 18.6. The molecule has 21 heavy (non-hydrogen) atoms. The Hall–Kier alpha value is -1.47. The number of piperazine rings is 1. The first-order chi connectivity index (χ1) is 9.79. The van der Waals surface area contributed by atoms with E-state index < -0.39 is 5.41 Å². The monoisotopic (exact) mass is 295 g/mol. The molecule has 0 saturated carbocycles. The molecule has 1 fully saturated rings. The zero-order valence-corrected chi connectivity index (χ0v) is 13.4. The third kappa shape index (κ3) is 3.79. The number of hydrogen-bond donors (Lipinski definition) is 2. The van der Waals surface area contributed by atoms with Gasteiger partial charge in [-0.3, -0.25) is 9.69 Å². The van der Waals surface area contributed by atoms with Crippen molar-refractivity contribution < 1.29 is 9.32 Å². The number of nitrogens with one attached hydrogen (secondary N) is 2. The number of rotatable bonds is 3. The molecule has 7 nitrogen and oxygen atoms in total. The van der Waals surface area contributed by atoms with Gasteiger partial charge in [0.1, 0.15) is 6.04 Å². The van der Waals surface area contributed by atoms with Crippen molar-refractivity contribution in [3.05, 3.63) is 11.7 Å². The van der Waals surface area contributed by atoms with Crippen LogP contribution in [0.1, 0.15) is 51.5 Å². The molecule has 2 heterocycles. The van der Waals surface area contributed by atoms with Gasteiger partial charge in [0.15, 0.2) is 5.82 Å². The summed E-state index contributed by atoms with van der Waals surface area (Å²) in [6, 6.07) is -0.179. The summed E-state index contributed by atoms with van der Waals surface area (Å²) in [5.74, 6) is 1.07. The molecule has 1 aromatic rings. The maximum Gasteiger partial charge on any atom is 0.248 e. The molecule has 0 aliphatic carbocycles. The van der Waals surface area contributed by atoms with Gasteiger partial charge >= 0.3 is 0 Å². The SMILES string of the molecule is CC(NC(=O)C(C)(C)C)c1nc(C2CNCCN2C)no1. The molecule has 0 bridgehead atoms. The molecule has 1 aliphatic heterocycles. The van der Waals surface area contributed by atoms with Crippen LogP contribution in [0.25, 0.3) is 0 Å². The average molecular weight is 295 g/mol. The number of hydrogen-bond acceptors (Lipinski definition) is 6. The predicted octanol–water partition coefficient (Wildman–Crippen LogP) is 0.869. The van der Waals surface area contributed by atoms with E-state index in [9.17, 15) is 4.79 Å². The lowest BCUT2D eigenvalue weighted by Crippen LogP contribution is -2.44. The Balaban J connectivity index is 2.03. The lowest BCUT2D eigenvalue weighted by molar-refractivity contribution is -0.129. The van der Waals surface area contributed by atoms with Crippen LogP contribution in [-0.2, 0) is 4.79 Å². The highest BCUT2D eigenvalue weighted by Gasteiger charge is 2.28. The van der Waals surface area contributed by atoms with Crippen LogP contribution in [0.5, 0.6) is 0 Å². The quantitative estimate of drug-likeness (QED) is 0.861. The first kappa shape index (κ1) is 15.9. The zero-order valence-electron chi connectivity index (χ0n) is 13.4. The molecule has 2 N–H and O–H groups in total. The number of nitrogens with zero attached hydrogens (tertiary/aromatic N) is 3. The van der Waals surface area contributed by atoms with Crippen molar-refractivity contribution in [2.45, 2.75) is 39.8 Å². The second-order valence-electron chi connectivity index (χ2n) is 6.64. The van der Waals surface area contributed by atoms with Gasteiger partial charge in [0.25, 0.3) is 0 Å². The van der Waals surface area contributed by atoms with Crippen LogP contribution in [0.2, 0.25) is 0 Å². The van der Waals surface area contributed by atoms with Crippen molar-refractivity contribution in [3.63, 3.8) is 0 Å². The topological polar surface area (TPSA) is 83.3 Å². The van der Waals surface area contributed by atoms with Crippen molar-refractivity contribution in [2.24, 2.45) is 5.41 Å². The van der Waals surface area contributed by atoms with E-state index in [4.69, 9.17) is 4.52 Å². The molecule has 118 valence electrons. The summed E-state index contributed by atoms with van der Waals surface area (Å²) in [5, 5.41) is 10.3. The normalized spacial score (nSPS) is 22.0. The summed E-state index contributed by atoms with van der Waals surface area (Å²) in [6.07, 6.45) is 0. The van der Waals surface area contributed by atoms with Gasteiger partial charge in [0.05, 0.1) is 6.04 Å². The van der Waals surface area contributed by atoms with Crippen molar-refractivity contribution >= 4 is 5.91 Å². The molecule has 1 saturated heterocycles. The number of carbonyl (C=O) groups excluding carboxylic acids is 1. The molecule has 2 atom stereocenters. The van der Waals surface area contributed by atoms with Gasteiger partial charge in [-0.25, -0.2) is 0 Å². The van der Waals surface area contributed by atoms with Gasteiger partial charge in [0.2, 0.25) is 11.8 Å². The molecule has 2 unspecified atom stereocenters. The predicted molar refractivity (Wildman–Crippen MR) is 78.6 cm³/mol. The Bertz CT molecular complexity index is 494. The maximum atomic E-state index is 12.0. The Morgan fingerprint density at radius 3 is 2.86 bits per heavy atom. The second-order valence-corrected chi connectivity index (χ2v) is 6.64. The lowest BCUT2D eigenvalue weighted by atomic mass is 9.95. The van der Waals surface area contributed by atoms with Crippen molar-refractivity contribution in [2.75, 3.05) is 26.7 Å². The third-order valence-corrected chi connectivity index (χ3v) is 3.67. The molecule has 2 rings (SSSR count). The molecule has 7 heteroatoms. The van der Waals surface area contributed by atoms with Crippen LogP contribution in [-0.4, -0.2) is 47.6 Å². The van der Waals surface area contributed by atoms with E-state index in [1.807, 2.05) is 34.7 Å². The Kier molecular flexibility index (Phi) is 4.63. The van der Waals surface area contributed by atoms with Crippen LogP contribution in [0.4, 0.5) is 0 Å². The summed E-state index contributed by atoms with van der Waals surface area (Å²) in [7, 11) is 2.05. The minimum atomic E-state index is -0.440. The van der Waals surface area contributed by atoms with E-state index in [0.717, 1.165) is 19.6 Å². The zero-order chi connectivity index (χ0) is 15.6. The lowest BCUT2D eigenvalue weighted by Gasteiger charge is -2.30. The van der Waals surface area contributed by atoms with Crippen LogP contribution in [0.3, 0.4) is 0 Å². The highest BCUT2D eigenvalue weighted by Crippen LogP contribution is 2.21.